The van der Waals surface area contributed by atoms with Crippen LogP contribution in [0.5, 0.6) is 0 Å². The van der Waals surface area contributed by atoms with Crippen molar-refractivity contribution in [3.05, 3.63) is 78.4 Å². The smallest absolute Gasteiger partial charge is 0.407 e. The maximum atomic E-state index is 13.6. The maximum Gasteiger partial charge on any atom is 0.407 e. The van der Waals surface area contributed by atoms with Gasteiger partial charge in [0, 0.05) is 47.1 Å². The minimum atomic E-state index is -0.845. The molecule has 5 rings (SSSR count). The highest BCUT2D eigenvalue weighted by atomic mass is 16.5. The highest BCUT2D eigenvalue weighted by Gasteiger charge is 2.35. The van der Waals surface area contributed by atoms with Crippen molar-refractivity contribution in [3.63, 3.8) is 0 Å². The van der Waals surface area contributed by atoms with E-state index < -0.39 is 35.9 Å². The molecule has 0 saturated carbocycles. The number of hydrogen-bond donors (Lipinski definition) is 5. The van der Waals surface area contributed by atoms with E-state index in [1.54, 1.807) is 0 Å². The van der Waals surface area contributed by atoms with E-state index in [4.69, 9.17) is 16.2 Å². The summed E-state index contributed by atoms with van der Waals surface area (Å²) in [6.07, 6.45) is 1.06. The van der Waals surface area contributed by atoms with Gasteiger partial charge in [-0.1, -0.05) is 48.5 Å². The lowest BCUT2D eigenvalue weighted by Gasteiger charge is -2.25. The van der Waals surface area contributed by atoms with Gasteiger partial charge in [0.2, 0.25) is 17.7 Å². The molecule has 1 saturated heterocycles. The van der Waals surface area contributed by atoms with Crippen LogP contribution in [0.25, 0.3) is 21.8 Å². The van der Waals surface area contributed by atoms with Gasteiger partial charge < -0.3 is 36.3 Å². The van der Waals surface area contributed by atoms with E-state index in [2.05, 4.69) is 44.6 Å². The Hall–Kier alpha value is -5.59. The van der Waals surface area contributed by atoms with Crippen molar-refractivity contribution in [2.75, 3.05) is 25.0 Å². The topological polar surface area (TPSA) is 186 Å². The third-order valence-corrected chi connectivity index (χ3v) is 8.41. The lowest BCUT2D eigenvalue weighted by Crippen LogP contribution is -2.52. The number of guanidine groups is 1. The number of aliphatic imine (C=N–C) groups is 1. The van der Waals surface area contributed by atoms with Crippen LogP contribution in [0, 0.1) is 0 Å². The van der Waals surface area contributed by atoms with Crippen molar-refractivity contribution in [1.29, 1.82) is 0 Å². The molecule has 13 nitrogen and oxygen atoms in total. The molecule has 252 valence electrons. The minimum absolute atomic E-state index is 0.0400. The number of amides is 4. The van der Waals surface area contributed by atoms with E-state index in [0.29, 0.717) is 38.8 Å². The van der Waals surface area contributed by atoms with Crippen molar-refractivity contribution in [3.8, 4) is 0 Å². The molecule has 0 bridgehead atoms. The van der Waals surface area contributed by atoms with Crippen LogP contribution in [0.2, 0.25) is 0 Å². The summed E-state index contributed by atoms with van der Waals surface area (Å²) < 4.78 is 7.41. The van der Waals surface area contributed by atoms with E-state index in [1.165, 1.54) is 4.90 Å². The maximum absolute atomic E-state index is 13.6. The van der Waals surface area contributed by atoms with E-state index in [1.807, 2.05) is 60.7 Å². The molecule has 1 fully saturated rings. The molecule has 7 N–H and O–H groups in total. The molecular formula is C35H42N8O5. The Bertz CT molecular complexity index is 1800. The average Bonchev–Trinajstić information content (AvgIpc) is 3.71. The lowest BCUT2D eigenvalue weighted by atomic mass is 10.1. The number of fused-ring (bicyclic) bond motifs is 3. The predicted octanol–water partition coefficient (Wildman–Crippen LogP) is 3.21. The van der Waals surface area contributed by atoms with Gasteiger partial charge in [-0.2, -0.15) is 0 Å². The number of alkyl carbamates (subject to hydrolysis) is 1. The van der Waals surface area contributed by atoms with Gasteiger partial charge in [0.1, 0.15) is 25.2 Å². The number of aromatic nitrogens is 1. The zero-order chi connectivity index (χ0) is 34.0. The first-order valence-corrected chi connectivity index (χ1v) is 16.2. The van der Waals surface area contributed by atoms with Crippen LogP contribution in [0.15, 0.2) is 77.8 Å². The van der Waals surface area contributed by atoms with Gasteiger partial charge in [-0.15, -0.1) is 0 Å². The summed E-state index contributed by atoms with van der Waals surface area (Å²) in [6, 6.07) is 21.7. The van der Waals surface area contributed by atoms with Gasteiger partial charge in [0.05, 0.1) is 0 Å². The number of carbonyl (C=O) groups excluding carboxylic acids is 4. The van der Waals surface area contributed by atoms with Crippen LogP contribution in [0.4, 0.5) is 10.5 Å². The van der Waals surface area contributed by atoms with Gasteiger partial charge in [-0.3, -0.25) is 24.7 Å². The fourth-order valence-corrected chi connectivity index (χ4v) is 6.11. The van der Waals surface area contributed by atoms with Gasteiger partial charge in [0.25, 0.3) is 0 Å². The second-order valence-corrected chi connectivity index (χ2v) is 11.7. The second kappa shape index (κ2) is 15.8. The molecule has 3 aromatic carbocycles. The number of hydrogen-bond acceptors (Lipinski definition) is 7. The first kappa shape index (κ1) is 33.8. The van der Waals surface area contributed by atoms with Crippen LogP contribution in [0.3, 0.4) is 0 Å². The van der Waals surface area contributed by atoms with Gasteiger partial charge in [-0.05, 0) is 62.4 Å². The lowest BCUT2D eigenvalue weighted by molar-refractivity contribution is -0.140. The van der Waals surface area contributed by atoms with Crippen LogP contribution >= 0.6 is 0 Å². The summed E-state index contributed by atoms with van der Waals surface area (Å²) in [7, 11) is 0. The van der Waals surface area contributed by atoms with Gasteiger partial charge >= 0.3 is 6.09 Å². The quantitative estimate of drug-likeness (QED) is 0.0826. The van der Waals surface area contributed by atoms with Crippen molar-refractivity contribution in [1.82, 2.24) is 20.1 Å². The van der Waals surface area contributed by atoms with E-state index in [9.17, 15) is 19.2 Å². The molecule has 4 aromatic rings. The summed E-state index contributed by atoms with van der Waals surface area (Å²) in [5, 5.41) is 10.4. The molecule has 1 aliphatic rings. The first-order valence-electron chi connectivity index (χ1n) is 16.2. The number of imide groups is 1. The van der Waals surface area contributed by atoms with Crippen molar-refractivity contribution in [2.45, 2.75) is 57.8 Å². The number of rotatable bonds is 13. The van der Waals surface area contributed by atoms with E-state index in [-0.39, 0.29) is 19.1 Å². The number of carbonyl (C=O) groups is 4. The zero-order valence-electron chi connectivity index (χ0n) is 27.0. The third-order valence-electron chi connectivity index (χ3n) is 8.41. The van der Waals surface area contributed by atoms with Gasteiger partial charge in [0.15, 0.2) is 5.96 Å². The molecule has 4 amide bonds. The molecule has 0 spiro atoms. The highest BCUT2D eigenvalue weighted by molar-refractivity contribution is 6.09. The molecule has 2 heterocycles. The summed E-state index contributed by atoms with van der Waals surface area (Å²) in [5.41, 5.74) is 14.7. The molecule has 13 heteroatoms. The Morgan fingerprint density at radius 2 is 1.73 bits per heavy atom. The summed E-state index contributed by atoms with van der Waals surface area (Å²) in [6.45, 7) is 3.28. The molecule has 0 unspecified atom stereocenters. The zero-order valence-corrected chi connectivity index (χ0v) is 27.0. The number of nitrogens with two attached hydrogens (primary N) is 2. The largest absolute Gasteiger partial charge is 0.445 e. The standard InChI is InChI=1S/C35H42N8O5/c1-2-42-28-14-7-6-12-25(28)26-20-24(16-17-29(26)42)40-27(13-8-18-38-34(36)37)32(45)41-33(46)30-15-9-19-43(30)31(44)21-39-35(47)48-22-23-10-4-3-5-11-23/h3-7,10-12,14,16-17,20,27,30,40H,2,8-9,13,15,18-19,21-22H2,1H3,(H,39,47)(H4,36,37,38)(H,41,45,46)/t27-,30-/m0/s1. The Kier molecular flexibility index (Phi) is 11.1. The van der Waals surface area contributed by atoms with E-state index >= 15 is 0 Å². The Morgan fingerprint density at radius 1 is 0.979 bits per heavy atom. The number of nitrogens with one attached hydrogen (secondary N) is 3. The monoisotopic (exact) mass is 654 g/mol. The average molecular weight is 655 g/mol. The Labute approximate surface area is 278 Å². The summed E-state index contributed by atoms with van der Waals surface area (Å²) in [4.78, 5) is 57.5. The number of nitrogens with zero attached hydrogens (tertiary/aromatic N) is 3. The fourth-order valence-electron chi connectivity index (χ4n) is 6.11. The number of ether oxygens (including phenoxy) is 1. The van der Waals surface area contributed by atoms with Gasteiger partial charge in [-0.25, -0.2) is 4.79 Å². The predicted molar refractivity (Wildman–Crippen MR) is 185 cm³/mol. The first-order chi connectivity index (χ1) is 23.2. The SMILES string of the molecule is CCn1c2ccccc2c2cc(N[C@@H](CCCN=C(N)N)C(=O)NC(=O)[C@@H]3CCCN3C(=O)CNC(=O)OCc3ccccc3)ccc21. The molecule has 1 aliphatic heterocycles. The molecule has 0 radical (unpaired) electrons. The number of likely N-dealkylation sites (tertiary alicyclic amines) is 1. The Morgan fingerprint density at radius 3 is 2.50 bits per heavy atom. The molecule has 48 heavy (non-hydrogen) atoms. The van der Waals surface area contributed by atoms with Crippen LogP contribution < -0.4 is 27.4 Å². The summed E-state index contributed by atoms with van der Waals surface area (Å²) >= 11 is 0. The molecule has 2 atom stereocenters. The van der Waals surface area contributed by atoms with E-state index in [0.717, 1.165) is 39.6 Å². The summed E-state index contributed by atoms with van der Waals surface area (Å²) in [5.74, 6) is -1.58. The number of aryl methyl sites for hydroxylation is 1. The number of anilines is 1. The third kappa shape index (κ3) is 8.21. The Balaban J connectivity index is 1.23. The molecule has 1 aromatic heterocycles. The minimum Gasteiger partial charge on any atom is -0.445 e. The van der Waals surface area contributed by atoms with Crippen LogP contribution in [-0.2, 0) is 32.3 Å². The normalized spacial score (nSPS) is 14.8. The highest BCUT2D eigenvalue weighted by Crippen LogP contribution is 2.31. The van der Waals surface area contributed by atoms with Crippen LogP contribution in [-0.4, -0.2) is 71.0 Å². The fraction of sp³-hybridized carbons (Fsp3) is 0.343. The molecular weight excluding hydrogens is 612 g/mol. The van der Waals surface area contributed by atoms with Crippen molar-refractivity contribution in [2.24, 2.45) is 16.5 Å². The second-order valence-electron chi connectivity index (χ2n) is 11.7. The van der Waals surface area contributed by atoms with Crippen LogP contribution in [0.1, 0.15) is 38.2 Å². The number of benzene rings is 3. The number of para-hydroxylation sites is 1. The molecule has 0 aliphatic carbocycles. The van der Waals surface area contributed by atoms with Crippen molar-refractivity contribution >= 4 is 57.3 Å². The van der Waals surface area contributed by atoms with Crippen molar-refractivity contribution < 1.29 is 23.9 Å².